The third-order valence-electron chi connectivity index (χ3n) is 2.48. The van der Waals surface area contributed by atoms with Gasteiger partial charge in [-0.05, 0) is 18.6 Å². The summed E-state index contributed by atoms with van der Waals surface area (Å²) in [6, 6.07) is 3.73. The van der Waals surface area contributed by atoms with Crippen molar-refractivity contribution < 1.29 is 0 Å². The largest absolute Gasteiger partial charge is 0.393 e. The van der Waals surface area contributed by atoms with E-state index in [4.69, 9.17) is 5.73 Å². The smallest absolute Gasteiger partial charge is 0.328 e. The fraction of sp³-hybridized carbons (Fsp3) is 0.182. The molecule has 0 aliphatic heterocycles. The summed E-state index contributed by atoms with van der Waals surface area (Å²) >= 11 is 0. The zero-order valence-electron chi connectivity index (χ0n) is 9.30. The van der Waals surface area contributed by atoms with E-state index in [1.165, 1.54) is 10.8 Å². The van der Waals surface area contributed by atoms with Gasteiger partial charge in [0.05, 0.1) is 12.2 Å². The molecular formula is C11H12N4O2. The van der Waals surface area contributed by atoms with Crippen LogP contribution in [0, 0.1) is 6.92 Å². The van der Waals surface area contributed by atoms with Gasteiger partial charge in [0.2, 0.25) is 0 Å². The molecule has 2 rings (SSSR count). The van der Waals surface area contributed by atoms with Crippen LogP contribution >= 0.6 is 0 Å². The summed E-state index contributed by atoms with van der Waals surface area (Å²) in [7, 11) is 0. The van der Waals surface area contributed by atoms with Crippen LogP contribution in [0.15, 0.2) is 34.1 Å². The molecule has 0 saturated carbocycles. The molecule has 6 nitrogen and oxygen atoms in total. The first-order valence-corrected chi connectivity index (χ1v) is 5.07. The Morgan fingerprint density at radius 2 is 2.24 bits per heavy atom. The second kappa shape index (κ2) is 4.25. The summed E-state index contributed by atoms with van der Waals surface area (Å²) in [5.74, 6) is 0. The second-order valence-electron chi connectivity index (χ2n) is 3.74. The molecule has 2 aromatic heterocycles. The number of pyridine rings is 1. The predicted octanol–water partition coefficient (Wildman–Crippen LogP) is -0.129. The van der Waals surface area contributed by atoms with Crippen molar-refractivity contribution >= 4 is 5.69 Å². The molecule has 0 fully saturated rings. The van der Waals surface area contributed by atoms with E-state index in [2.05, 4.69) is 9.97 Å². The molecule has 0 unspecified atom stereocenters. The Balaban J connectivity index is 2.44. The molecular weight excluding hydrogens is 220 g/mol. The fourth-order valence-electron chi connectivity index (χ4n) is 1.49. The lowest BCUT2D eigenvalue weighted by Crippen LogP contribution is -2.31. The number of nitrogens with one attached hydrogen (secondary N) is 1. The number of H-pyrrole nitrogens is 1. The van der Waals surface area contributed by atoms with Crippen LogP contribution in [-0.2, 0) is 6.54 Å². The lowest BCUT2D eigenvalue weighted by molar-refractivity contribution is 0.704. The molecule has 17 heavy (non-hydrogen) atoms. The number of nitrogens with zero attached hydrogens (tertiary/aromatic N) is 2. The van der Waals surface area contributed by atoms with Gasteiger partial charge in [-0.3, -0.25) is 19.3 Å². The van der Waals surface area contributed by atoms with Gasteiger partial charge in [0.25, 0.3) is 5.56 Å². The van der Waals surface area contributed by atoms with Crippen LogP contribution in [-0.4, -0.2) is 14.5 Å². The van der Waals surface area contributed by atoms with E-state index in [1.807, 2.05) is 19.1 Å². The summed E-state index contributed by atoms with van der Waals surface area (Å²) in [4.78, 5) is 29.0. The Bertz CT molecular complexity index is 657. The van der Waals surface area contributed by atoms with Gasteiger partial charge in [-0.15, -0.1) is 0 Å². The van der Waals surface area contributed by atoms with Gasteiger partial charge in [0.1, 0.15) is 5.69 Å². The van der Waals surface area contributed by atoms with Crippen LogP contribution in [0.1, 0.15) is 11.3 Å². The molecule has 0 radical (unpaired) electrons. The molecule has 0 spiro atoms. The van der Waals surface area contributed by atoms with E-state index in [-0.39, 0.29) is 12.2 Å². The van der Waals surface area contributed by atoms with Crippen LogP contribution in [0.4, 0.5) is 5.69 Å². The molecule has 3 N–H and O–H groups in total. The molecule has 0 aliphatic carbocycles. The van der Waals surface area contributed by atoms with Crippen LogP contribution in [0.5, 0.6) is 0 Å². The molecule has 0 aliphatic rings. The predicted molar refractivity (Wildman–Crippen MR) is 63.8 cm³/mol. The topological polar surface area (TPSA) is 93.8 Å². The van der Waals surface area contributed by atoms with Gasteiger partial charge in [0.15, 0.2) is 0 Å². The number of nitrogen functional groups attached to an aromatic ring is 1. The van der Waals surface area contributed by atoms with Gasteiger partial charge < -0.3 is 5.73 Å². The van der Waals surface area contributed by atoms with Crippen molar-refractivity contribution in [2.75, 3.05) is 5.73 Å². The number of nitrogens with two attached hydrogens (primary N) is 1. The van der Waals surface area contributed by atoms with Crippen LogP contribution in [0.2, 0.25) is 0 Å². The number of aromatic amines is 1. The highest BCUT2D eigenvalue weighted by atomic mass is 16.2. The molecule has 0 aromatic carbocycles. The SMILES string of the molecule is Cc1cccnc1Cn1cc(N)c(=O)[nH]c1=O. The molecule has 2 heterocycles. The van der Waals surface area contributed by atoms with Crippen LogP contribution < -0.4 is 17.0 Å². The lowest BCUT2D eigenvalue weighted by Gasteiger charge is -2.07. The van der Waals surface area contributed by atoms with E-state index in [9.17, 15) is 9.59 Å². The number of aromatic nitrogens is 3. The van der Waals surface area contributed by atoms with Crippen molar-refractivity contribution in [2.45, 2.75) is 13.5 Å². The average molecular weight is 232 g/mol. The summed E-state index contributed by atoms with van der Waals surface area (Å²) in [6.07, 6.45) is 2.98. The van der Waals surface area contributed by atoms with Crippen molar-refractivity contribution in [2.24, 2.45) is 0 Å². The van der Waals surface area contributed by atoms with Crippen molar-refractivity contribution in [1.29, 1.82) is 0 Å². The minimum absolute atomic E-state index is 0.0122. The minimum atomic E-state index is -0.566. The Morgan fingerprint density at radius 3 is 2.94 bits per heavy atom. The molecule has 0 amide bonds. The zero-order valence-corrected chi connectivity index (χ0v) is 9.30. The average Bonchev–Trinajstić information content (AvgIpc) is 2.29. The van der Waals surface area contributed by atoms with E-state index in [1.54, 1.807) is 6.20 Å². The van der Waals surface area contributed by atoms with Crippen LogP contribution in [0.25, 0.3) is 0 Å². The Labute approximate surface area is 96.8 Å². The lowest BCUT2D eigenvalue weighted by atomic mass is 10.2. The van der Waals surface area contributed by atoms with Gasteiger partial charge >= 0.3 is 5.69 Å². The molecule has 2 aromatic rings. The Morgan fingerprint density at radius 1 is 1.47 bits per heavy atom. The quantitative estimate of drug-likeness (QED) is 0.754. The molecule has 88 valence electrons. The zero-order chi connectivity index (χ0) is 12.4. The number of anilines is 1. The second-order valence-corrected chi connectivity index (χ2v) is 3.74. The number of aryl methyl sites for hydroxylation is 1. The van der Waals surface area contributed by atoms with Crippen molar-refractivity contribution in [1.82, 2.24) is 14.5 Å². The molecule has 0 saturated heterocycles. The van der Waals surface area contributed by atoms with Gasteiger partial charge in [-0.2, -0.15) is 0 Å². The summed E-state index contributed by atoms with van der Waals surface area (Å²) < 4.78 is 1.33. The first kappa shape index (κ1) is 11.1. The summed E-state index contributed by atoms with van der Waals surface area (Å²) in [5.41, 5.74) is 6.15. The van der Waals surface area contributed by atoms with Crippen LogP contribution in [0.3, 0.4) is 0 Å². The Kier molecular flexibility index (Phi) is 2.78. The highest BCUT2D eigenvalue weighted by Gasteiger charge is 2.04. The van der Waals surface area contributed by atoms with Crippen molar-refractivity contribution in [3.05, 3.63) is 56.6 Å². The number of hydrogen-bond donors (Lipinski definition) is 2. The monoisotopic (exact) mass is 232 g/mol. The third kappa shape index (κ3) is 2.25. The normalized spacial score (nSPS) is 10.4. The van der Waals surface area contributed by atoms with Crippen molar-refractivity contribution in [3.63, 3.8) is 0 Å². The maximum atomic E-state index is 11.5. The molecule has 0 atom stereocenters. The molecule has 6 heteroatoms. The van der Waals surface area contributed by atoms with Gasteiger partial charge in [-0.25, -0.2) is 4.79 Å². The fourth-order valence-corrected chi connectivity index (χ4v) is 1.49. The van der Waals surface area contributed by atoms with Gasteiger partial charge in [0, 0.05) is 12.4 Å². The minimum Gasteiger partial charge on any atom is -0.393 e. The first-order valence-electron chi connectivity index (χ1n) is 5.07. The maximum Gasteiger partial charge on any atom is 0.328 e. The van der Waals surface area contributed by atoms with E-state index in [0.717, 1.165) is 11.3 Å². The summed E-state index contributed by atoms with van der Waals surface area (Å²) in [5, 5.41) is 0. The van der Waals surface area contributed by atoms with E-state index >= 15 is 0 Å². The third-order valence-corrected chi connectivity index (χ3v) is 2.48. The number of hydrogen-bond acceptors (Lipinski definition) is 4. The Hall–Kier alpha value is -2.37. The summed E-state index contributed by atoms with van der Waals surface area (Å²) in [6.45, 7) is 2.19. The highest BCUT2D eigenvalue weighted by Crippen LogP contribution is 2.04. The highest BCUT2D eigenvalue weighted by molar-refractivity contribution is 5.30. The first-order chi connectivity index (χ1) is 8.08. The maximum absolute atomic E-state index is 11.5. The molecule has 0 bridgehead atoms. The van der Waals surface area contributed by atoms with Gasteiger partial charge in [-0.1, -0.05) is 6.07 Å². The van der Waals surface area contributed by atoms with Crippen molar-refractivity contribution in [3.8, 4) is 0 Å². The van der Waals surface area contributed by atoms with E-state index < -0.39 is 11.2 Å². The standard InChI is InChI=1S/C11H12N4O2/c1-7-3-2-4-13-9(7)6-15-5-8(12)10(16)14-11(15)17/h2-5H,6,12H2,1H3,(H,14,16,17). The number of rotatable bonds is 2. The van der Waals surface area contributed by atoms with E-state index in [0.29, 0.717) is 0 Å².